The van der Waals surface area contributed by atoms with Gasteiger partial charge in [-0.25, -0.2) is 8.42 Å². The molecule has 0 spiro atoms. The maximum atomic E-state index is 12.7. The zero-order valence-electron chi connectivity index (χ0n) is 10.5. The molecule has 1 aliphatic rings. The van der Waals surface area contributed by atoms with Gasteiger partial charge in [0.25, 0.3) is 10.0 Å². The molecule has 0 fully saturated rings. The summed E-state index contributed by atoms with van der Waals surface area (Å²) in [7, 11) is -3.51. The highest BCUT2D eigenvalue weighted by Crippen LogP contribution is 2.37. The highest BCUT2D eigenvalue weighted by molar-refractivity contribution is 9.11. The maximum Gasteiger partial charge on any atom is 0.273 e. The molecular formula is C13H13BrN2O2S2. The van der Waals surface area contributed by atoms with E-state index >= 15 is 0 Å². The van der Waals surface area contributed by atoms with Crippen molar-refractivity contribution in [3.05, 3.63) is 45.7 Å². The molecule has 106 valence electrons. The first-order valence-corrected chi connectivity index (χ1v) is 9.17. The van der Waals surface area contributed by atoms with Crippen LogP contribution in [-0.4, -0.2) is 15.0 Å². The lowest BCUT2D eigenvalue weighted by Gasteiger charge is -2.33. The summed E-state index contributed by atoms with van der Waals surface area (Å²) in [4.78, 5) is 0. The quantitative estimate of drug-likeness (QED) is 0.880. The Balaban J connectivity index is 2.10. The van der Waals surface area contributed by atoms with Gasteiger partial charge in [0.05, 0.1) is 9.47 Å². The van der Waals surface area contributed by atoms with Crippen LogP contribution in [0.25, 0.3) is 0 Å². The molecule has 0 saturated heterocycles. The number of hydrogen-bond donors (Lipinski definition) is 1. The van der Waals surface area contributed by atoms with Crippen molar-refractivity contribution < 1.29 is 8.42 Å². The number of nitrogens with two attached hydrogens (primary N) is 1. The van der Waals surface area contributed by atoms with Gasteiger partial charge in [0.1, 0.15) is 4.21 Å². The number of rotatable bonds is 2. The third-order valence-electron chi connectivity index (χ3n) is 3.34. The SMILES string of the molecule is NC1CCN(S(=O)(=O)c2ccc(Br)s2)c2ccccc21. The number of anilines is 1. The van der Waals surface area contributed by atoms with Gasteiger partial charge in [0, 0.05) is 12.6 Å². The van der Waals surface area contributed by atoms with Crippen LogP contribution >= 0.6 is 27.3 Å². The molecule has 20 heavy (non-hydrogen) atoms. The number of halogens is 1. The summed E-state index contributed by atoms with van der Waals surface area (Å²) in [6.07, 6.45) is 0.628. The highest BCUT2D eigenvalue weighted by atomic mass is 79.9. The van der Waals surface area contributed by atoms with Crippen LogP contribution in [0.4, 0.5) is 5.69 Å². The number of benzene rings is 1. The van der Waals surface area contributed by atoms with Crippen molar-refractivity contribution in [3.63, 3.8) is 0 Å². The van der Waals surface area contributed by atoms with E-state index in [2.05, 4.69) is 15.9 Å². The summed E-state index contributed by atoms with van der Waals surface area (Å²) in [6.45, 7) is 0.413. The molecule has 1 aliphatic heterocycles. The molecule has 1 atom stereocenters. The molecule has 0 saturated carbocycles. The summed E-state index contributed by atoms with van der Waals surface area (Å²) >= 11 is 4.53. The van der Waals surface area contributed by atoms with Crippen LogP contribution in [0.2, 0.25) is 0 Å². The minimum atomic E-state index is -3.51. The van der Waals surface area contributed by atoms with Crippen LogP contribution in [-0.2, 0) is 10.0 Å². The van der Waals surface area contributed by atoms with Gasteiger partial charge in [0.2, 0.25) is 0 Å². The van der Waals surface area contributed by atoms with Gasteiger partial charge >= 0.3 is 0 Å². The van der Waals surface area contributed by atoms with Crippen LogP contribution in [0.15, 0.2) is 44.4 Å². The summed E-state index contributed by atoms with van der Waals surface area (Å²) in [5.74, 6) is 0. The van der Waals surface area contributed by atoms with Crippen LogP contribution in [0.1, 0.15) is 18.0 Å². The van der Waals surface area contributed by atoms with E-state index in [4.69, 9.17) is 5.73 Å². The summed E-state index contributed by atoms with van der Waals surface area (Å²) < 4.78 is 28.1. The third kappa shape index (κ3) is 2.28. The molecule has 1 aromatic carbocycles. The van der Waals surface area contributed by atoms with Crippen molar-refractivity contribution in [1.29, 1.82) is 0 Å². The molecule has 2 aromatic rings. The van der Waals surface area contributed by atoms with Gasteiger partial charge in [-0.2, -0.15) is 0 Å². The first-order chi connectivity index (χ1) is 9.50. The maximum absolute atomic E-state index is 12.7. The second kappa shape index (κ2) is 5.14. The van der Waals surface area contributed by atoms with E-state index < -0.39 is 10.0 Å². The monoisotopic (exact) mass is 372 g/mol. The highest BCUT2D eigenvalue weighted by Gasteiger charge is 2.32. The van der Waals surface area contributed by atoms with Crippen LogP contribution in [0, 0.1) is 0 Å². The van der Waals surface area contributed by atoms with Crippen molar-refractivity contribution in [2.45, 2.75) is 16.7 Å². The first-order valence-electron chi connectivity index (χ1n) is 6.13. The third-order valence-corrected chi connectivity index (χ3v) is 7.25. The fourth-order valence-electron chi connectivity index (χ4n) is 2.36. The second-order valence-corrected chi connectivity index (χ2v) is 9.14. The van der Waals surface area contributed by atoms with Gasteiger partial charge < -0.3 is 5.73 Å². The minimum absolute atomic E-state index is 0.104. The summed E-state index contributed by atoms with van der Waals surface area (Å²) in [5.41, 5.74) is 7.65. The molecule has 0 radical (unpaired) electrons. The van der Waals surface area contributed by atoms with Gasteiger partial charge in [-0.3, -0.25) is 4.31 Å². The van der Waals surface area contributed by atoms with E-state index in [9.17, 15) is 8.42 Å². The Kier molecular flexibility index (Phi) is 3.62. The van der Waals surface area contributed by atoms with Crippen molar-refractivity contribution in [1.82, 2.24) is 0 Å². The topological polar surface area (TPSA) is 63.4 Å². The van der Waals surface area contributed by atoms with Crippen molar-refractivity contribution >= 4 is 43.0 Å². The Hall–Kier alpha value is -0.890. The zero-order chi connectivity index (χ0) is 14.3. The van der Waals surface area contributed by atoms with Crippen LogP contribution in [0.5, 0.6) is 0 Å². The number of nitrogens with zero attached hydrogens (tertiary/aromatic N) is 1. The number of fused-ring (bicyclic) bond motifs is 1. The van der Waals surface area contributed by atoms with Gasteiger partial charge in [-0.15, -0.1) is 11.3 Å². The Morgan fingerprint density at radius 1 is 1.25 bits per heavy atom. The lowest BCUT2D eigenvalue weighted by molar-refractivity contribution is 0.576. The molecule has 2 heterocycles. The zero-order valence-corrected chi connectivity index (χ0v) is 13.7. The van der Waals surface area contributed by atoms with Crippen molar-refractivity contribution in [2.75, 3.05) is 10.8 Å². The molecule has 0 amide bonds. The van der Waals surface area contributed by atoms with Gasteiger partial charge in [-0.1, -0.05) is 18.2 Å². The van der Waals surface area contributed by atoms with Crippen LogP contribution in [0.3, 0.4) is 0 Å². The number of para-hydroxylation sites is 1. The molecule has 4 nitrogen and oxygen atoms in total. The lowest BCUT2D eigenvalue weighted by Crippen LogP contribution is -2.37. The smallest absolute Gasteiger partial charge is 0.273 e. The molecule has 1 unspecified atom stereocenters. The normalized spacial score (nSPS) is 18.9. The number of hydrogen-bond acceptors (Lipinski definition) is 4. The molecule has 3 rings (SSSR count). The summed E-state index contributed by atoms with van der Waals surface area (Å²) in [5, 5.41) is 0. The Morgan fingerprint density at radius 2 is 2.00 bits per heavy atom. The predicted octanol–water partition coefficient (Wildman–Crippen LogP) is 3.11. The van der Waals surface area contributed by atoms with E-state index in [-0.39, 0.29) is 6.04 Å². The molecular weight excluding hydrogens is 360 g/mol. The van der Waals surface area contributed by atoms with E-state index in [1.807, 2.05) is 24.3 Å². The number of sulfonamides is 1. The van der Waals surface area contributed by atoms with Crippen molar-refractivity contribution in [2.24, 2.45) is 5.73 Å². The molecule has 1 aromatic heterocycles. The fourth-order valence-corrected chi connectivity index (χ4v) is 5.98. The molecule has 0 aliphatic carbocycles. The van der Waals surface area contributed by atoms with Gasteiger partial charge in [0.15, 0.2) is 0 Å². The average molecular weight is 373 g/mol. The Labute approximate surface area is 130 Å². The van der Waals surface area contributed by atoms with E-state index in [0.717, 1.165) is 9.35 Å². The standard InChI is InChI=1S/C13H13BrN2O2S2/c14-12-5-6-13(19-12)20(17,18)16-8-7-10(15)9-3-1-2-4-11(9)16/h1-6,10H,7-8,15H2. The second-order valence-electron chi connectivity index (χ2n) is 4.59. The predicted molar refractivity (Wildman–Crippen MR) is 84.5 cm³/mol. The molecule has 0 bridgehead atoms. The van der Waals surface area contributed by atoms with E-state index in [1.54, 1.807) is 12.1 Å². The molecule has 7 heteroatoms. The average Bonchev–Trinajstić information content (AvgIpc) is 2.87. The van der Waals surface area contributed by atoms with Crippen molar-refractivity contribution in [3.8, 4) is 0 Å². The van der Waals surface area contributed by atoms with E-state index in [1.165, 1.54) is 15.6 Å². The first kappa shape index (κ1) is 14.1. The minimum Gasteiger partial charge on any atom is -0.324 e. The lowest BCUT2D eigenvalue weighted by atomic mass is 9.99. The van der Waals surface area contributed by atoms with Crippen LogP contribution < -0.4 is 10.0 Å². The largest absolute Gasteiger partial charge is 0.324 e. The van der Waals surface area contributed by atoms with E-state index in [0.29, 0.717) is 22.9 Å². The Bertz CT molecular complexity index is 742. The summed E-state index contributed by atoms with van der Waals surface area (Å²) in [6, 6.07) is 10.7. The fraction of sp³-hybridized carbons (Fsp3) is 0.231. The number of thiophene rings is 1. The van der Waals surface area contributed by atoms with Gasteiger partial charge in [-0.05, 0) is 46.1 Å². The Morgan fingerprint density at radius 3 is 2.70 bits per heavy atom. The molecule has 2 N–H and O–H groups in total.